The lowest BCUT2D eigenvalue weighted by molar-refractivity contribution is -0.130. The van der Waals surface area contributed by atoms with Crippen LogP contribution in [0.4, 0.5) is 0 Å². The molecule has 16 heavy (non-hydrogen) atoms. The number of carbonyl (C=O) groups excluding carboxylic acids is 2. The van der Waals surface area contributed by atoms with Crippen LogP contribution < -0.4 is 16.4 Å². The zero-order valence-corrected chi connectivity index (χ0v) is 9.45. The fraction of sp³-hybridized carbons (Fsp3) is 0.800. The number of hydrogen-bond donors (Lipinski definition) is 4. The average molecular weight is 229 g/mol. The fourth-order valence-electron chi connectivity index (χ4n) is 1.74. The van der Waals surface area contributed by atoms with Gasteiger partial charge in [-0.05, 0) is 32.7 Å². The highest BCUT2D eigenvalue weighted by atomic mass is 16.3. The second-order valence-electron chi connectivity index (χ2n) is 4.34. The van der Waals surface area contributed by atoms with E-state index in [4.69, 9.17) is 10.8 Å². The standard InChI is InChI=1S/C10H19N3O3/c1-10(4-2-3-5-13-10)9(16)12-6-7(14)8(11)15/h7,13-14H,2-6H2,1H3,(H2,11,15)(H,12,16). The molecule has 0 bridgehead atoms. The maximum Gasteiger partial charge on any atom is 0.248 e. The van der Waals surface area contributed by atoms with E-state index in [2.05, 4.69) is 10.6 Å². The van der Waals surface area contributed by atoms with Crippen LogP contribution in [0.15, 0.2) is 0 Å². The predicted molar refractivity (Wildman–Crippen MR) is 58.5 cm³/mol. The first-order valence-electron chi connectivity index (χ1n) is 5.46. The van der Waals surface area contributed by atoms with Crippen LogP contribution in [-0.2, 0) is 9.59 Å². The lowest BCUT2D eigenvalue weighted by atomic mass is 9.90. The van der Waals surface area contributed by atoms with E-state index in [1.165, 1.54) is 0 Å². The third kappa shape index (κ3) is 3.18. The van der Waals surface area contributed by atoms with Crippen LogP contribution >= 0.6 is 0 Å². The molecule has 0 spiro atoms. The van der Waals surface area contributed by atoms with E-state index in [9.17, 15) is 9.59 Å². The van der Waals surface area contributed by atoms with Crippen molar-refractivity contribution in [3.05, 3.63) is 0 Å². The summed E-state index contributed by atoms with van der Waals surface area (Å²) in [6.45, 7) is 2.49. The second kappa shape index (κ2) is 5.27. The monoisotopic (exact) mass is 229 g/mol. The molecule has 0 aromatic carbocycles. The number of amides is 2. The average Bonchev–Trinajstić information content (AvgIpc) is 2.26. The predicted octanol–water partition coefficient (Wildman–Crippen LogP) is -1.52. The summed E-state index contributed by atoms with van der Waals surface area (Å²) in [5.74, 6) is -1.03. The van der Waals surface area contributed by atoms with Gasteiger partial charge >= 0.3 is 0 Å². The SMILES string of the molecule is CC1(C(=O)NCC(O)C(N)=O)CCCCN1. The highest BCUT2D eigenvalue weighted by molar-refractivity contribution is 5.87. The molecule has 1 rings (SSSR count). The Morgan fingerprint density at radius 3 is 2.75 bits per heavy atom. The van der Waals surface area contributed by atoms with Crippen molar-refractivity contribution in [1.82, 2.24) is 10.6 Å². The maximum atomic E-state index is 11.8. The summed E-state index contributed by atoms with van der Waals surface area (Å²) in [6, 6.07) is 0. The summed E-state index contributed by atoms with van der Waals surface area (Å²) < 4.78 is 0. The number of primary amides is 1. The van der Waals surface area contributed by atoms with Crippen LogP contribution in [0.5, 0.6) is 0 Å². The van der Waals surface area contributed by atoms with Gasteiger partial charge in [0.25, 0.3) is 0 Å². The summed E-state index contributed by atoms with van der Waals surface area (Å²) in [7, 11) is 0. The fourth-order valence-corrected chi connectivity index (χ4v) is 1.74. The van der Waals surface area contributed by atoms with Crippen LogP contribution in [-0.4, -0.2) is 41.7 Å². The molecule has 1 heterocycles. The molecule has 0 aliphatic carbocycles. The van der Waals surface area contributed by atoms with Crippen LogP contribution in [0.1, 0.15) is 26.2 Å². The minimum atomic E-state index is -1.32. The van der Waals surface area contributed by atoms with E-state index in [0.29, 0.717) is 0 Å². The van der Waals surface area contributed by atoms with Gasteiger partial charge < -0.3 is 21.5 Å². The van der Waals surface area contributed by atoms with E-state index in [-0.39, 0.29) is 12.5 Å². The molecule has 1 aliphatic rings. The second-order valence-corrected chi connectivity index (χ2v) is 4.34. The minimum absolute atomic E-state index is 0.133. The molecule has 2 atom stereocenters. The van der Waals surface area contributed by atoms with Crippen molar-refractivity contribution < 1.29 is 14.7 Å². The molecule has 2 amide bonds. The maximum absolute atomic E-state index is 11.8. The minimum Gasteiger partial charge on any atom is -0.381 e. The molecule has 6 nitrogen and oxygen atoms in total. The summed E-state index contributed by atoms with van der Waals surface area (Å²) in [5.41, 5.74) is 4.28. The number of piperidine rings is 1. The summed E-state index contributed by atoms with van der Waals surface area (Å²) in [5, 5.41) is 14.8. The van der Waals surface area contributed by atoms with Crippen molar-refractivity contribution in [3.63, 3.8) is 0 Å². The van der Waals surface area contributed by atoms with Gasteiger partial charge in [0.2, 0.25) is 11.8 Å². The molecule has 0 aromatic heterocycles. The van der Waals surface area contributed by atoms with Crippen LogP contribution in [0.25, 0.3) is 0 Å². The Bertz CT molecular complexity index is 274. The molecule has 1 fully saturated rings. The Hall–Kier alpha value is -1.14. The Kier molecular flexibility index (Phi) is 4.26. The first-order chi connectivity index (χ1) is 7.46. The lowest BCUT2D eigenvalue weighted by Crippen LogP contribution is -2.58. The largest absolute Gasteiger partial charge is 0.381 e. The molecular weight excluding hydrogens is 210 g/mol. The Balaban J connectivity index is 2.42. The number of aliphatic hydroxyl groups is 1. The van der Waals surface area contributed by atoms with E-state index in [0.717, 1.165) is 25.8 Å². The van der Waals surface area contributed by atoms with E-state index < -0.39 is 17.6 Å². The van der Waals surface area contributed by atoms with Gasteiger partial charge in [-0.1, -0.05) is 0 Å². The highest BCUT2D eigenvalue weighted by Gasteiger charge is 2.34. The topological polar surface area (TPSA) is 104 Å². The third-order valence-electron chi connectivity index (χ3n) is 2.90. The zero-order chi connectivity index (χ0) is 12.2. The quantitative estimate of drug-likeness (QED) is 0.470. The number of nitrogens with one attached hydrogen (secondary N) is 2. The van der Waals surface area contributed by atoms with Crippen molar-refractivity contribution in [2.45, 2.75) is 37.8 Å². The highest BCUT2D eigenvalue weighted by Crippen LogP contribution is 2.18. The zero-order valence-electron chi connectivity index (χ0n) is 9.45. The number of nitrogens with two attached hydrogens (primary N) is 1. The Labute approximate surface area is 94.6 Å². The number of rotatable bonds is 4. The van der Waals surface area contributed by atoms with Crippen molar-refractivity contribution in [3.8, 4) is 0 Å². The van der Waals surface area contributed by atoms with Crippen LogP contribution in [0.2, 0.25) is 0 Å². The molecule has 5 N–H and O–H groups in total. The smallest absolute Gasteiger partial charge is 0.248 e. The van der Waals surface area contributed by atoms with Crippen LogP contribution in [0, 0.1) is 0 Å². The van der Waals surface area contributed by atoms with Crippen molar-refractivity contribution in [1.29, 1.82) is 0 Å². The Morgan fingerprint density at radius 1 is 1.56 bits per heavy atom. The number of aliphatic hydroxyl groups excluding tert-OH is 1. The lowest BCUT2D eigenvalue weighted by Gasteiger charge is -2.33. The van der Waals surface area contributed by atoms with Gasteiger partial charge in [0.15, 0.2) is 0 Å². The van der Waals surface area contributed by atoms with Gasteiger partial charge in [-0.25, -0.2) is 0 Å². The van der Waals surface area contributed by atoms with Crippen LogP contribution in [0.3, 0.4) is 0 Å². The van der Waals surface area contributed by atoms with Gasteiger partial charge in [-0.15, -0.1) is 0 Å². The first-order valence-corrected chi connectivity index (χ1v) is 5.46. The molecule has 2 unspecified atom stereocenters. The summed E-state index contributed by atoms with van der Waals surface area (Å²) >= 11 is 0. The molecule has 0 aromatic rings. The normalized spacial score (nSPS) is 27.1. The van der Waals surface area contributed by atoms with E-state index in [1.54, 1.807) is 0 Å². The van der Waals surface area contributed by atoms with Crippen molar-refractivity contribution in [2.75, 3.05) is 13.1 Å². The molecule has 1 saturated heterocycles. The molecule has 6 heteroatoms. The summed E-state index contributed by atoms with van der Waals surface area (Å²) in [6.07, 6.45) is 1.49. The van der Waals surface area contributed by atoms with Crippen molar-refractivity contribution >= 4 is 11.8 Å². The first kappa shape index (κ1) is 12.9. The van der Waals surface area contributed by atoms with Gasteiger partial charge in [0.1, 0.15) is 6.10 Å². The Morgan fingerprint density at radius 2 is 2.25 bits per heavy atom. The molecule has 0 saturated carbocycles. The van der Waals surface area contributed by atoms with Gasteiger partial charge in [0.05, 0.1) is 12.1 Å². The van der Waals surface area contributed by atoms with Gasteiger partial charge in [-0.2, -0.15) is 0 Å². The molecule has 92 valence electrons. The summed E-state index contributed by atoms with van der Waals surface area (Å²) in [4.78, 5) is 22.4. The van der Waals surface area contributed by atoms with E-state index in [1.807, 2.05) is 6.92 Å². The number of hydrogen-bond acceptors (Lipinski definition) is 4. The van der Waals surface area contributed by atoms with Gasteiger partial charge in [-0.3, -0.25) is 9.59 Å². The molecular formula is C10H19N3O3. The van der Waals surface area contributed by atoms with Crippen molar-refractivity contribution in [2.24, 2.45) is 5.73 Å². The third-order valence-corrected chi connectivity index (χ3v) is 2.90. The molecule has 0 radical (unpaired) electrons. The molecule has 1 aliphatic heterocycles. The number of carbonyl (C=O) groups is 2. The van der Waals surface area contributed by atoms with Gasteiger partial charge in [0, 0.05) is 0 Å². The van der Waals surface area contributed by atoms with E-state index >= 15 is 0 Å².